The van der Waals surface area contributed by atoms with Crippen LogP contribution in [0.1, 0.15) is 53.4 Å². The number of hydrogen-bond donors (Lipinski definition) is 1. The van der Waals surface area contributed by atoms with Crippen molar-refractivity contribution in [1.82, 2.24) is 5.32 Å². The maximum Gasteiger partial charge on any atom is 0.325 e. The maximum absolute atomic E-state index is 11.8. The highest BCUT2D eigenvalue weighted by molar-refractivity contribution is 5.80. The van der Waals surface area contributed by atoms with Crippen molar-refractivity contribution < 1.29 is 14.3 Å². The van der Waals surface area contributed by atoms with Gasteiger partial charge in [-0.3, -0.25) is 4.79 Å². The number of methoxy groups -OCH3 is 1. The molecule has 0 aromatic carbocycles. The van der Waals surface area contributed by atoms with Gasteiger partial charge in [-0.05, 0) is 38.6 Å². The molecular weight excluding hydrogens is 242 g/mol. The molecule has 2 atom stereocenters. The van der Waals surface area contributed by atoms with E-state index in [1.807, 2.05) is 13.8 Å². The Kier molecular flexibility index (Phi) is 9.88. The maximum atomic E-state index is 11.8. The lowest BCUT2D eigenvalue weighted by Gasteiger charge is -2.27. The summed E-state index contributed by atoms with van der Waals surface area (Å²) in [5, 5.41) is 3.20. The van der Waals surface area contributed by atoms with Crippen LogP contribution >= 0.6 is 0 Å². The molecule has 0 aromatic rings. The van der Waals surface area contributed by atoms with Crippen molar-refractivity contribution in [3.05, 3.63) is 0 Å². The predicted molar refractivity (Wildman–Crippen MR) is 78.2 cm³/mol. The monoisotopic (exact) mass is 273 g/mol. The van der Waals surface area contributed by atoms with Crippen LogP contribution in [0.15, 0.2) is 0 Å². The standard InChI is InChI=1S/C15H31NO3/c1-6-9-13(3)12-19-11-8-10-15(4,16-7-2)14(17)18-5/h13,16H,6-12H2,1-5H3. The first-order valence-corrected chi connectivity index (χ1v) is 7.41. The van der Waals surface area contributed by atoms with Crippen molar-refractivity contribution in [2.45, 2.75) is 58.9 Å². The van der Waals surface area contributed by atoms with Crippen LogP contribution in [0.2, 0.25) is 0 Å². The average Bonchev–Trinajstić information content (AvgIpc) is 2.38. The van der Waals surface area contributed by atoms with Gasteiger partial charge in [0.15, 0.2) is 0 Å². The summed E-state index contributed by atoms with van der Waals surface area (Å²) in [6.07, 6.45) is 4.00. The Morgan fingerprint density at radius 1 is 1.37 bits per heavy atom. The third-order valence-corrected chi connectivity index (χ3v) is 3.35. The van der Waals surface area contributed by atoms with Gasteiger partial charge in [-0.1, -0.05) is 27.2 Å². The van der Waals surface area contributed by atoms with E-state index in [4.69, 9.17) is 9.47 Å². The Bertz CT molecular complexity index is 246. The lowest BCUT2D eigenvalue weighted by molar-refractivity contribution is -0.148. The first kappa shape index (κ1) is 18.4. The number of rotatable bonds is 11. The highest BCUT2D eigenvalue weighted by atomic mass is 16.5. The van der Waals surface area contributed by atoms with Crippen LogP contribution in [0.4, 0.5) is 0 Å². The summed E-state index contributed by atoms with van der Waals surface area (Å²) in [7, 11) is 1.43. The number of likely N-dealkylation sites (N-methyl/N-ethyl adjacent to an activating group) is 1. The summed E-state index contributed by atoms with van der Waals surface area (Å²) < 4.78 is 10.5. The zero-order chi connectivity index (χ0) is 14.7. The van der Waals surface area contributed by atoms with E-state index in [0.29, 0.717) is 12.5 Å². The SMILES string of the molecule is CCCC(C)COCCCC(C)(NCC)C(=O)OC. The van der Waals surface area contributed by atoms with Crippen molar-refractivity contribution >= 4 is 5.97 Å². The van der Waals surface area contributed by atoms with Gasteiger partial charge in [-0.15, -0.1) is 0 Å². The molecule has 0 aliphatic heterocycles. The summed E-state index contributed by atoms with van der Waals surface area (Å²) in [5.74, 6) is 0.416. The zero-order valence-electron chi connectivity index (χ0n) is 13.3. The van der Waals surface area contributed by atoms with E-state index in [0.717, 1.165) is 26.0 Å². The van der Waals surface area contributed by atoms with Crippen LogP contribution in [0.5, 0.6) is 0 Å². The molecule has 1 N–H and O–H groups in total. The fourth-order valence-corrected chi connectivity index (χ4v) is 2.27. The minimum Gasteiger partial charge on any atom is -0.468 e. The number of esters is 1. The molecule has 19 heavy (non-hydrogen) atoms. The molecular formula is C15H31NO3. The quantitative estimate of drug-likeness (QED) is 0.464. The second kappa shape index (κ2) is 10.2. The minimum atomic E-state index is -0.595. The number of hydrogen-bond acceptors (Lipinski definition) is 4. The predicted octanol–water partition coefficient (Wildman–Crippen LogP) is 2.76. The molecule has 0 aliphatic rings. The molecule has 2 unspecified atom stereocenters. The lowest BCUT2D eigenvalue weighted by Crippen LogP contribution is -2.50. The van der Waals surface area contributed by atoms with E-state index in [1.54, 1.807) is 0 Å². The lowest BCUT2D eigenvalue weighted by atomic mass is 9.96. The van der Waals surface area contributed by atoms with Crippen LogP contribution in [0.25, 0.3) is 0 Å². The number of nitrogens with one attached hydrogen (secondary N) is 1. The van der Waals surface area contributed by atoms with Gasteiger partial charge in [-0.2, -0.15) is 0 Å². The van der Waals surface area contributed by atoms with Crippen LogP contribution in [-0.4, -0.2) is 38.4 Å². The third-order valence-electron chi connectivity index (χ3n) is 3.35. The fraction of sp³-hybridized carbons (Fsp3) is 0.933. The molecule has 0 saturated heterocycles. The van der Waals surface area contributed by atoms with Crippen molar-refractivity contribution in [3.63, 3.8) is 0 Å². The van der Waals surface area contributed by atoms with E-state index >= 15 is 0 Å². The van der Waals surface area contributed by atoms with E-state index < -0.39 is 5.54 Å². The fourth-order valence-electron chi connectivity index (χ4n) is 2.27. The van der Waals surface area contributed by atoms with E-state index in [-0.39, 0.29) is 5.97 Å². The smallest absolute Gasteiger partial charge is 0.325 e. The molecule has 0 radical (unpaired) electrons. The molecule has 0 heterocycles. The van der Waals surface area contributed by atoms with Gasteiger partial charge in [0.2, 0.25) is 0 Å². The van der Waals surface area contributed by atoms with E-state index in [9.17, 15) is 4.79 Å². The van der Waals surface area contributed by atoms with E-state index in [1.165, 1.54) is 20.0 Å². The van der Waals surface area contributed by atoms with Gasteiger partial charge in [-0.25, -0.2) is 0 Å². The molecule has 0 fully saturated rings. The van der Waals surface area contributed by atoms with Crippen molar-refractivity contribution in [2.75, 3.05) is 26.9 Å². The summed E-state index contributed by atoms with van der Waals surface area (Å²) in [6, 6.07) is 0. The van der Waals surface area contributed by atoms with Crippen LogP contribution in [0, 0.1) is 5.92 Å². The Morgan fingerprint density at radius 2 is 2.05 bits per heavy atom. The van der Waals surface area contributed by atoms with Crippen LogP contribution in [-0.2, 0) is 14.3 Å². The van der Waals surface area contributed by atoms with Crippen molar-refractivity contribution in [3.8, 4) is 0 Å². The average molecular weight is 273 g/mol. The number of carbonyl (C=O) groups is 1. The van der Waals surface area contributed by atoms with Gasteiger partial charge < -0.3 is 14.8 Å². The van der Waals surface area contributed by atoms with Gasteiger partial charge in [0.05, 0.1) is 7.11 Å². The Morgan fingerprint density at radius 3 is 2.58 bits per heavy atom. The Hall–Kier alpha value is -0.610. The molecule has 0 rings (SSSR count). The van der Waals surface area contributed by atoms with Gasteiger partial charge >= 0.3 is 5.97 Å². The summed E-state index contributed by atoms with van der Waals surface area (Å²) in [6.45, 7) is 10.5. The molecule has 4 nitrogen and oxygen atoms in total. The van der Waals surface area contributed by atoms with Crippen molar-refractivity contribution in [1.29, 1.82) is 0 Å². The normalized spacial score (nSPS) is 15.8. The zero-order valence-corrected chi connectivity index (χ0v) is 13.3. The molecule has 4 heteroatoms. The molecule has 0 saturated carbocycles. The number of ether oxygens (including phenoxy) is 2. The summed E-state index contributed by atoms with van der Waals surface area (Å²) in [4.78, 5) is 11.8. The first-order chi connectivity index (χ1) is 9.00. The van der Waals surface area contributed by atoms with Gasteiger partial charge in [0.1, 0.15) is 5.54 Å². The highest BCUT2D eigenvalue weighted by Gasteiger charge is 2.32. The highest BCUT2D eigenvalue weighted by Crippen LogP contribution is 2.15. The molecule has 0 aliphatic carbocycles. The Balaban J connectivity index is 3.91. The van der Waals surface area contributed by atoms with Gasteiger partial charge in [0, 0.05) is 13.2 Å². The topological polar surface area (TPSA) is 47.6 Å². The summed E-state index contributed by atoms with van der Waals surface area (Å²) >= 11 is 0. The van der Waals surface area contributed by atoms with Crippen molar-refractivity contribution in [2.24, 2.45) is 5.92 Å². The molecule has 0 bridgehead atoms. The number of carbonyl (C=O) groups excluding carboxylic acids is 1. The van der Waals surface area contributed by atoms with Crippen LogP contribution < -0.4 is 5.32 Å². The van der Waals surface area contributed by atoms with E-state index in [2.05, 4.69) is 19.2 Å². The third kappa shape index (κ3) is 7.53. The molecule has 114 valence electrons. The second-order valence-electron chi connectivity index (χ2n) is 5.43. The second-order valence-corrected chi connectivity index (χ2v) is 5.43. The largest absolute Gasteiger partial charge is 0.468 e. The minimum absolute atomic E-state index is 0.200. The molecule has 0 amide bonds. The van der Waals surface area contributed by atoms with Crippen LogP contribution in [0.3, 0.4) is 0 Å². The van der Waals surface area contributed by atoms with Gasteiger partial charge in [0.25, 0.3) is 0 Å². The first-order valence-electron chi connectivity index (χ1n) is 7.41. The summed E-state index contributed by atoms with van der Waals surface area (Å²) in [5.41, 5.74) is -0.595. The molecule has 0 aromatic heterocycles. The molecule has 0 spiro atoms. The Labute approximate surface area is 118 Å².